The van der Waals surface area contributed by atoms with Crippen LogP contribution in [0.15, 0.2) is 41.8 Å². The van der Waals surface area contributed by atoms with Crippen molar-refractivity contribution in [3.05, 3.63) is 53.2 Å². The van der Waals surface area contributed by atoms with Crippen LogP contribution in [0.5, 0.6) is 11.5 Å². The molecular weight excluding hydrogens is 409 g/mol. The van der Waals surface area contributed by atoms with Crippen molar-refractivity contribution in [2.24, 2.45) is 0 Å². The van der Waals surface area contributed by atoms with Crippen molar-refractivity contribution >= 4 is 34.0 Å². The minimum atomic E-state index is -0.942. The van der Waals surface area contributed by atoms with E-state index in [9.17, 15) is 14.0 Å². The number of hydrogen-bond donors (Lipinski definition) is 2. The van der Waals surface area contributed by atoms with E-state index in [-0.39, 0.29) is 12.3 Å². The fourth-order valence-corrected chi connectivity index (χ4v) is 3.80. The van der Waals surface area contributed by atoms with E-state index in [0.717, 1.165) is 5.56 Å². The van der Waals surface area contributed by atoms with Crippen LogP contribution in [-0.4, -0.2) is 30.0 Å². The fraction of sp³-hybridized carbons (Fsp3) is 0.190. The first kappa shape index (κ1) is 19.8. The lowest BCUT2D eigenvalue weighted by Crippen LogP contribution is -2.39. The monoisotopic (exact) mass is 427 g/mol. The smallest absolute Gasteiger partial charge is 0.266 e. The van der Waals surface area contributed by atoms with Gasteiger partial charge in [0.2, 0.25) is 5.91 Å². The van der Waals surface area contributed by atoms with Crippen molar-refractivity contribution in [2.45, 2.75) is 19.4 Å². The van der Waals surface area contributed by atoms with Gasteiger partial charge in [-0.25, -0.2) is 9.37 Å². The van der Waals surface area contributed by atoms with Crippen LogP contribution in [-0.2, 0) is 9.59 Å². The summed E-state index contributed by atoms with van der Waals surface area (Å²) in [6, 6.07) is 9.56. The van der Waals surface area contributed by atoms with Crippen LogP contribution in [0.4, 0.5) is 15.2 Å². The number of halogens is 1. The number of anilines is 2. The highest BCUT2D eigenvalue weighted by Crippen LogP contribution is 2.33. The zero-order valence-corrected chi connectivity index (χ0v) is 17.0. The number of carbonyl (C=O) groups is 2. The first-order valence-corrected chi connectivity index (χ1v) is 9.98. The first-order chi connectivity index (χ1) is 14.4. The Bertz CT molecular complexity index is 1130. The highest BCUT2D eigenvalue weighted by atomic mass is 32.1. The summed E-state index contributed by atoms with van der Waals surface area (Å²) in [6.45, 7) is 1.91. The third-order valence-electron chi connectivity index (χ3n) is 4.51. The highest BCUT2D eigenvalue weighted by molar-refractivity contribution is 7.14. The number of carbonyl (C=O) groups excluding carboxylic acids is 2. The topological polar surface area (TPSA) is 89.5 Å². The molecule has 2 aromatic carbocycles. The van der Waals surface area contributed by atoms with Crippen LogP contribution in [0.25, 0.3) is 11.3 Å². The molecule has 1 aliphatic rings. The molecule has 7 nitrogen and oxygen atoms in total. The standard InChI is InChI=1S/C21H18FN3O4S/c1-11-3-5-17-14(7-11)23-20(27)18(29-17)9-19(26)25-21-24-15(10-30-21)13-8-12(22)4-6-16(13)28-2/h3-8,10,18H,9H2,1-2H3,(H,23,27)(H,24,25,26). The Morgan fingerprint density at radius 2 is 2.17 bits per heavy atom. The van der Waals surface area contributed by atoms with E-state index in [1.807, 2.05) is 13.0 Å². The number of benzene rings is 2. The summed E-state index contributed by atoms with van der Waals surface area (Å²) in [6.07, 6.45) is -1.11. The average Bonchev–Trinajstić information content (AvgIpc) is 3.17. The predicted molar refractivity (Wildman–Crippen MR) is 112 cm³/mol. The number of nitrogens with zero attached hydrogens (tertiary/aromatic N) is 1. The largest absolute Gasteiger partial charge is 0.496 e. The number of thiazole rings is 1. The van der Waals surface area contributed by atoms with Gasteiger partial charge in [0.15, 0.2) is 11.2 Å². The Labute approximate surface area is 175 Å². The number of fused-ring (bicyclic) bond motifs is 1. The van der Waals surface area contributed by atoms with Gasteiger partial charge >= 0.3 is 0 Å². The van der Waals surface area contributed by atoms with E-state index in [0.29, 0.717) is 33.6 Å². The summed E-state index contributed by atoms with van der Waals surface area (Å²) in [4.78, 5) is 29.0. The minimum Gasteiger partial charge on any atom is -0.496 e. The molecule has 2 N–H and O–H groups in total. The molecule has 154 valence electrons. The summed E-state index contributed by atoms with van der Waals surface area (Å²) in [5, 5.41) is 7.43. The zero-order valence-electron chi connectivity index (χ0n) is 16.2. The number of ether oxygens (including phenoxy) is 2. The number of nitrogens with one attached hydrogen (secondary N) is 2. The van der Waals surface area contributed by atoms with E-state index < -0.39 is 17.8 Å². The lowest BCUT2D eigenvalue weighted by atomic mass is 10.1. The number of methoxy groups -OCH3 is 1. The van der Waals surface area contributed by atoms with Gasteiger partial charge < -0.3 is 20.1 Å². The molecule has 9 heteroatoms. The Balaban J connectivity index is 1.44. The molecule has 0 radical (unpaired) electrons. The molecule has 0 bridgehead atoms. The van der Waals surface area contributed by atoms with E-state index >= 15 is 0 Å². The lowest BCUT2D eigenvalue weighted by Gasteiger charge is -2.25. The van der Waals surface area contributed by atoms with Crippen molar-refractivity contribution in [3.8, 4) is 22.8 Å². The number of hydrogen-bond acceptors (Lipinski definition) is 6. The molecule has 2 amide bonds. The molecule has 2 heterocycles. The maximum absolute atomic E-state index is 13.6. The minimum absolute atomic E-state index is 0.169. The molecule has 0 aliphatic carbocycles. The second-order valence-electron chi connectivity index (χ2n) is 6.73. The molecule has 1 atom stereocenters. The van der Waals surface area contributed by atoms with Gasteiger partial charge in [0.25, 0.3) is 5.91 Å². The lowest BCUT2D eigenvalue weighted by molar-refractivity contribution is -0.128. The number of rotatable bonds is 5. The van der Waals surface area contributed by atoms with Crippen molar-refractivity contribution in [1.82, 2.24) is 4.98 Å². The molecule has 1 aliphatic heterocycles. The fourth-order valence-electron chi connectivity index (χ4n) is 3.07. The number of aryl methyl sites for hydroxylation is 1. The van der Waals surface area contributed by atoms with Crippen molar-refractivity contribution in [1.29, 1.82) is 0 Å². The third-order valence-corrected chi connectivity index (χ3v) is 5.27. The van der Waals surface area contributed by atoms with Crippen LogP contribution in [0, 0.1) is 12.7 Å². The summed E-state index contributed by atoms with van der Waals surface area (Å²) in [5.74, 6) is -0.223. The van der Waals surface area contributed by atoms with Gasteiger partial charge in [0.1, 0.15) is 17.3 Å². The van der Waals surface area contributed by atoms with Gasteiger partial charge in [-0.05, 0) is 42.8 Å². The molecule has 4 rings (SSSR count). The molecular formula is C21H18FN3O4S. The van der Waals surface area contributed by atoms with Crippen LogP contribution >= 0.6 is 11.3 Å². The van der Waals surface area contributed by atoms with Crippen LogP contribution < -0.4 is 20.1 Å². The van der Waals surface area contributed by atoms with E-state index in [1.54, 1.807) is 17.5 Å². The molecule has 3 aromatic rings. The Hall–Kier alpha value is -3.46. The molecule has 30 heavy (non-hydrogen) atoms. The maximum atomic E-state index is 13.6. The van der Waals surface area contributed by atoms with Gasteiger partial charge in [-0.3, -0.25) is 9.59 Å². The summed E-state index contributed by atoms with van der Waals surface area (Å²) < 4.78 is 24.5. The quantitative estimate of drug-likeness (QED) is 0.643. The summed E-state index contributed by atoms with van der Waals surface area (Å²) in [5.41, 5.74) is 2.53. The van der Waals surface area contributed by atoms with Gasteiger partial charge in [0, 0.05) is 10.9 Å². The van der Waals surface area contributed by atoms with Crippen molar-refractivity contribution in [2.75, 3.05) is 17.7 Å². The molecule has 1 aromatic heterocycles. The molecule has 0 spiro atoms. The zero-order chi connectivity index (χ0) is 21.3. The maximum Gasteiger partial charge on any atom is 0.266 e. The van der Waals surface area contributed by atoms with E-state index in [2.05, 4.69) is 15.6 Å². The molecule has 0 saturated heterocycles. The van der Waals surface area contributed by atoms with Crippen molar-refractivity contribution in [3.63, 3.8) is 0 Å². The van der Waals surface area contributed by atoms with Gasteiger partial charge in [-0.2, -0.15) is 0 Å². The second kappa shape index (κ2) is 8.11. The van der Waals surface area contributed by atoms with E-state index in [4.69, 9.17) is 9.47 Å². The summed E-state index contributed by atoms with van der Waals surface area (Å²) in [7, 11) is 1.49. The summed E-state index contributed by atoms with van der Waals surface area (Å²) >= 11 is 1.19. The molecule has 0 fully saturated rings. The van der Waals surface area contributed by atoms with Gasteiger partial charge in [0.05, 0.1) is 24.9 Å². The Kier molecular flexibility index (Phi) is 5.37. The van der Waals surface area contributed by atoms with Crippen LogP contribution in [0.1, 0.15) is 12.0 Å². The van der Waals surface area contributed by atoms with Gasteiger partial charge in [-0.1, -0.05) is 6.07 Å². The average molecular weight is 427 g/mol. The van der Waals surface area contributed by atoms with Crippen molar-refractivity contribution < 1.29 is 23.5 Å². The Morgan fingerprint density at radius 3 is 2.97 bits per heavy atom. The highest BCUT2D eigenvalue weighted by Gasteiger charge is 2.30. The Morgan fingerprint density at radius 1 is 1.33 bits per heavy atom. The molecule has 0 saturated carbocycles. The van der Waals surface area contributed by atoms with Crippen LogP contribution in [0.3, 0.4) is 0 Å². The normalized spacial score (nSPS) is 15.0. The number of aromatic nitrogens is 1. The second-order valence-corrected chi connectivity index (χ2v) is 7.59. The first-order valence-electron chi connectivity index (χ1n) is 9.10. The van der Waals surface area contributed by atoms with Crippen LogP contribution in [0.2, 0.25) is 0 Å². The predicted octanol–water partition coefficient (Wildman–Crippen LogP) is 3.99. The third kappa shape index (κ3) is 4.11. The van der Waals surface area contributed by atoms with E-state index in [1.165, 1.54) is 36.6 Å². The van der Waals surface area contributed by atoms with Gasteiger partial charge in [-0.15, -0.1) is 11.3 Å². The SMILES string of the molecule is COc1ccc(F)cc1-c1csc(NC(=O)CC2Oc3ccc(C)cc3NC2=O)n1. The molecule has 1 unspecified atom stereocenters. The number of amides is 2.